The second-order valence-corrected chi connectivity index (χ2v) is 7.56. The average molecular weight is 407 g/mol. The van der Waals surface area contributed by atoms with E-state index in [-0.39, 0.29) is 18.3 Å². The Hall–Kier alpha value is -2.54. The number of rotatable bonds is 6. The molecule has 2 aromatic carbocycles. The lowest BCUT2D eigenvalue weighted by Crippen LogP contribution is -2.39. The molecular formula is C22H24F3NO3. The first-order chi connectivity index (χ1) is 13.7. The molecule has 0 amide bonds. The molecule has 1 aliphatic rings. The van der Waals surface area contributed by atoms with Crippen molar-refractivity contribution in [3.8, 4) is 5.75 Å². The van der Waals surface area contributed by atoms with E-state index in [1.54, 1.807) is 7.11 Å². The number of nitrogens with zero attached hydrogens (tertiary/aromatic N) is 1. The zero-order valence-electron chi connectivity index (χ0n) is 16.2. The van der Waals surface area contributed by atoms with Gasteiger partial charge in [0.15, 0.2) is 0 Å². The van der Waals surface area contributed by atoms with Gasteiger partial charge in [0.05, 0.1) is 12.7 Å². The number of benzene rings is 2. The van der Waals surface area contributed by atoms with Gasteiger partial charge in [0, 0.05) is 26.1 Å². The van der Waals surface area contributed by atoms with E-state index < -0.39 is 17.7 Å². The summed E-state index contributed by atoms with van der Waals surface area (Å²) in [6, 6.07) is 12.9. The Morgan fingerprint density at radius 2 is 1.90 bits per heavy atom. The summed E-state index contributed by atoms with van der Waals surface area (Å²) in [4.78, 5) is 13.4. The van der Waals surface area contributed by atoms with Crippen LogP contribution in [0, 0.1) is 5.92 Å². The monoisotopic (exact) mass is 407 g/mol. The Labute approximate surface area is 167 Å². The Morgan fingerprint density at radius 1 is 1.17 bits per heavy atom. The predicted molar refractivity (Wildman–Crippen MR) is 103 cm³/mol. The second kappa shape index (κ2) is 8.86. The molecule has 2 aromatic rings. The van der Waals surface area contributed by atoms with Crippen molar-refractivity contribution in [1.29, 1.82) is 0 Å². The molecule has 4 nitrogen and oxygen atoms in total. The van der Waals surface area contributed by atoms with Gasteiger partial charge in [-0.15, -0.1) is 0 Å². The minimum absolute atomic E-state index is 0.0130. The van der Waals surface area contributed by atoms with Crippen LogP contribution < -0.4 is 4.74 Å². The van der Waals surface area contributed by atoms with E-state index in [0.717, 1.165) is 29.0 Å². The largest absolute Gasteiger partial charge is 0.497 e. The van der Waals surface area contributed by atoms with Crippen molar-refractivity contribution in [1.82, 2.24) is 4.90 Å². The summed E-state index contributed by atoms with van der Waals surface area (Å²) in [7, 11) is 1.60. The number of carboxylic acid groups (broad SMARTS) is 1. The zero-order chi connectivity index (χ0) is 21.0. The standard InChI is InChI=1S/C22H24F3NO3/c1-29-20-4-2-3-15(10-20)12-26-13-16(11-21(27)28)9-18(14-26)17-5-7-19(8-6-17)22(23,24)25/h2-8,10,16,18H,9,11-14H2,1H3,(H,27,28)/t16-,18+/m0/s1. The van der Waals surface area contributed by atoms with Crippen molar-refractivity contribution in [2.75, 3.05) is 20.2 Å². The van der Waals surface area contributed by atoms with Crippen molar-refractivity contribution >= 4 is 5.97 Å². The van der Waals surface area contributed by atoms with Crippen LogP contribution >= 0.6 is 0 Å². The average Bonchev–Trinajstić information content (AvgIpc) is 2.67. The molecule has 156 valence electrons. The molecule has 0 aliphatic carbocycles. The van der Waals surface area contributed by atoms with Crippen LogP contribution in [0.15, 0.2) is 48.5 Å². The van der Waals surface area contributed by atoms with Crippen molar-refractivity contribution in [3.05, 3.63) is 65.2 Å². The zero-order valence-corrected chi connectivity index (χ0v) is 16.2. The molecule has 1 saturated heterocycles. The minimum Gasteiger partial charge on any atom is -0.497 e. The van der Waals surface area contributed by atoms with Crippen molar-refractivity contribution < 1.29 is 27.8 Å². The third kappa shape index (κ3) is 5.73. The fraction of sp³-hybridized carbons (Fsp3) is 0.409. The van der Waals surface area contributed by atoms with E-state index in [4.69, 9.17) is 4.74 Å². The molecule has 0 bridgehead atoms. The van der Waals surface area contributed by atoms with Crippen LogP contribution in [-0.4, -0.2) is 36.2 Å². The summed E-state index contributed by atoms with van der Waals surface area (Å²) in [6.45, 7) is 1.93. The lowest BCUT2D eigenvalue weighted by atomic mass is 9.82. The van der Waals surface area contributed by atoms with E-state index in [1.165, 1.54) is 12.1 Å². The normalized spacial score (nSPS) is 20.4. The smallest absolute Gasteiger partial charge is 0.416 e. The second-order valence-electron chi connectivity index (χ2n) is 7.56. The van der Waals surface area contributed by atoms with Gasteiger partial charge in [-0.05, 0) is 53.6 Å². The Balaban J connectivity index is 1.78. The minimum atomic E-state index is -4.37. The van der Waals surface area contributed by atoms with Crippen LogP contribution in [0.1, 0.15) is 35.4 Å². The van der Waals surface area contributed by atoms with E-state index in [9.17, 15) is 23.1 Å². The molecule has 0 unspecified atom stereocenters. The Kier molecular flexibility index (Phi) is 6.47. The van der Waals surface area contributed by atoms with E-state index >= 15 is 0 Å². The number of piperidine rings is 1. The van der Waals surface area contributed by atoms with Gasteiger partial charge in [0.1, 0.15) is 5.75 Å². The van der Waals surface area contributed by atoms with Crippen LogP contribution in [-0.2, 0) is 17.5 Å². The molecular weight excluding hydrogens is 383 g/mol. The number of carbonyl (C=O) groups is 1. The highest BCUT2D eigenvalue weighted by Crippen LogP contribution is 2.35. The van der Waals surface area contributed by atoms with Crippen LogP contribution in [0.25, 0.3) is 0 Å². The highest BCUT2D eigenvalue weighted by Gasteiger charge is 2.32. The third-order valence-electron chi connectivity index (χ3n) is 5.33. The fourth-order valence-corrected chi connectivity index (χ4v) is 4.04. The van der Waals surface area contributed by atoms with Crippen LogP contribution in [0.5, 0.6) is 5.75 Å². The summed E-state index contributed by atoms with van der Waals surface area (Å²) in [6.07, 6.45) is -3.67. The van der Waals surface area contributed by atoms with Crippen LogP contribution in [0.3, 0.4) is 0 Å². The molecule has 0 saturated carbocycles. The van der Waals surface area contributed by atoms with Gasteiger partial charge in [-0.1, -0.05) is 24.3 Å². The SMILES string of the molecule is COc1cccc(CN2C[C@H](CC(=O)O)C[C@@H](c3ccc(C(F)(F)F)cc3)C2)c1. The van der Waals surface area contributed by atoms with Gasteiger partial charge in [0.2, 0.25) is 0 Å². The molecule has 2 atom stereocenters. The Morgan fingerprint density at radius 3 is 2.52 bits per heavy atom. The molecule has 0 aromatic heterocycles. The summed E-state index contributed by atoms with van der Waals surface area (Å²) >= 11 is 0. The molecule has 1 aliphatic heterocycles. The summed E-state index contributed by atoms with van der Waals surface area (Å²) < 4.78 is 43.8. The van der Waals surface area contributed by atoms with E-state index in [1.807, 2.05) is 24.3 Å². The Bertz CT molecular complexity index is 836. The summed E-state index contributed by atoms with van der Waals surface area (Å²) in [5, 5.41) is 9.23. The summed E-state index contributed by atoms with van der Waals surface area (Å²) in [5.74, 6) is -0.176. The number of carboxylic acids is 1. The maximum atomic E-state index is 12.8. The highest BCUT2D eigenvalue weighted by atomic mass is 19.4. The number of likely N-dealkylation sites (tertiary alicyclic amines) is 1. The first-order valence-electron chi connectivity index (χ1n) is 9.49. The van der Waals surface area contributed by atoms with E-state index in [2.05, 4.69) is 4.90 Å². The number of alkyl halides is 3. The van der Waals surface area contributed by atoms with E-state index in [0.29, 0.717) is 26.1 Å². The highest BCUT2D eigenvalue weighted by molar-refractivity contribution is 5.67. The topological polar surface area (TPSA) is 49.8 Å². The van der Waals surface area contributed by atoms with Gasteiger partial charge >= 0.3 is 12.1 Å². The van der Waals surface area contributed by atoms with Gasteiger partial charge < -0.3 is 9.84 Å². The van der Waals surface area contributed by atoms with Crippen molar-refractivity contribution in [2.24, 2.45) is 5.92 Å². The van der Waals surface area contributed by atoms with Gasteiger partial charge in [-0.2, -0.15) is 13.2 Å². The number of halogens is 3. The van der Waals surface area contributed by atoms with Crippen LogP contribution in [0.4, 0.5) is 13.2 Å². The van der Waals surface area contributed by atoms with Gasteiger partial charge in [0.25, 0.3) is 0 Å². The molecule has 29 heavy (non-hydrogen) atoms. The lowest BCUT2D eigenvalue weighted by molar-refractivity contribution is -0.139. The molecule has 1 heterocycles. The number of aliphatic carboxylic acids is 1. The number of methoxy groups -OCH3 is 1. The lowest BCUT2D eigenvalue weighted by Gasteiger charge is -2.38. The van der Waals surface area contributed by atoms with Crippen molar-refractivity contribution in [2.45, 2.75) is 31.5 Å². The molecule has 1 N–H and O–H groups in total. The first-order valence-corrected chi connectivity index (χ1v) is 9.49. The quantitative estimate of drug-likeness (QED) is 0.748. The third-order valence-corrected chi connectivity index (χ3v) is 5.33. The summed E-state index contributed by atoms with van der Waals surface area (Å²) in [5.41, 5.74) is 1.18. The maximum Gasteiger partial charge on any atom is 0.416 e. The first kappa shape index (κ1) is 21.2. The molecule has 1 fully saturated rings. The molecule has 0 radical (unpaired) electrons. The predicted octanol–water partition coefficient (Wildman–Crippen LogP) is 4.79. The molecule has 0 spiro atoms. The number of hydrogen-bond acceptors (Lipinski definition) is 3. The van der Waals surface area contributed by atoms with Crippen molar-refractivity contribution in [3.63, 3.8) is 0 Å². The van der Waals surface area contributed by atoms with Gasteiger partial charge in [-0.3, -0.25) is 9.69 Å². The molecule has 7 heteroatoms. The number of ether oxygens (including phenoxy) is 1. The molecule has 3 rings (SSSR count). The van der Waals surface area contributed by atoms with Crippen LogP contribution in [0.2, 0.25) is 0 Å². The maximum absolute atomic E-state index is 12.8. The van der Waals surface area contributed by atoms with Gasteiger partial charge in [-0.25, -0.2) is 0 Å². The number of hydrogen-bond donors (Lipinski definition) is 1. The fourth-order valence-electron chi connectivity index (χ4n) is 4.04.